The van der Waals surface area contributed by atoms with Gasteiger partial charge in [-0.1, -0.05) is 30.8 Å². The molecule has 0 saturated carbocycles. The number of furan rings is 1. The lowest BCUT2D eigenvalue weighted by Crippen LogP contribution is -2.31. The Morgan fingerprint density at radius 3 is 2.90 bits per heavy atom. The highest BCUT2D eigenvalue weighted by Crippen LogP contribution is 2.36. The van der Waals surface area contributed by atoms with Crippen molar-refractivity contribution in [1.82, 2.24) is 14.8 Å². The third-order valence-electron chi connectivity index (χ3n) is 4.60. The first-order chi connectivity index (χ1) is 14.1. The average molecular weight is 410 g/mol. The van der Waals surface area contributed by atoms with E-state index in [-0.39, 0.29) is 5.91 Å². The molecule has 1 unspecified atom stereocenters. The van der Waals surface area contributed by atoms with E-state index in [4.69, 9.17) is 4.42 Å². The van der Waals surface area contributed by atoms with Crippen molar-refractivity contribution >= 4 is 29.3 Å². The maximum absolute atomic E-state index is 13.3. The number of benzene rings is 1. The van der Waals surface area contributed by atoms with Gasteiger partial charge in [0.05, 0.1) is 11.8 Å². The maximum atomic E-state index is 13.3. The SMILES string of the molecule is CCCSc1nc2n(n1)C(c1ccco1)C(C(=O)Nc1cccc(C)c1)=C(C)N2. The minimum absolute atomic E-state index is 0.203. The molecule has 0 saturated heterocycles. The summed E-state index contributed by atoms with van der Waals surface area (Å²) in [5.74, 6) is 1.97. The zero-order valence-electron chi connectivity index (χ0n) is 16.6. The minimum atomic E-state index is -0.491. The Hall–Kier alpha value is -3.00. The zero-order chi connectivity index (χ0) is 20.4. The number of rotatable bonds is 6. The Balaban J connectivity index is 1.71. The number of amides is 1. The molecule has 2 aromatic heterocycles. The van der Waals surface area contributed by atoms with Gasteiger partial charge in [0.15, 0.2) is 0 Å². The van der Waals surface area contributed by atoms with Crippen LogP contribution >= 0.6 is 11.8 Å². The molecule has 7 nitrogen and oxygen atoms in total. The number of fused-ring (bicyclic) bond motifs is 1. The number of thioether (sulfide) groups is 1. The molecular formula is C21H23N5O2S. The van der Waals surface area contributed by atoms with Gasteiger partial charge >= 0.3 is 0 Å². The fraction of sp³-hybridized carbons (Fsp3) is 0.286. The van der Waals surface area contributed by atoms with Gasteiger partial charge in [0.1, 0.15) is 11.8 Å². The lowest BCUT2D eigenvalue weighted by molar-refractivity contribution is -0.113. The first-order valence-corrected chi connectivity index (χ1v) is 10.5. The van der Waals surface area contributed by atoms with Gasteiger partial charge in [-0.25, -0.2) is 4.68 Å². The summed E-state index contributed by atoms with van der Waals surface area (Å²) in [6, 6.07) is 10.9. The van der Waals surface area contributed by atoms with Crippen molar-refractivity contribution in [3.05, 3.63) is 65.3 Å². The molecule has 0 bridgehead atoms. The van der Waals surface area contributed by atoms with Gasteiger partial charge in [0.25, 0.3) is 5.91 Å². The monoisotopic (exact) mass is 409 g/mol. The van der Waals surface area contributed by atoms with Gasteiger partial charge in [-0.2, -0.15) is 4.98 Å². The number of anilines is 2. The molecular weight excluding hydrogens is 386 g/mol. The van der Waals surface area contributed by atoms with Crippen molar-refractivity contribution in [2.45, 2.75) is 38.4 Å². The van der Waals surface area contributed by atoms with Crippen LogP contribution in [0.1, 0.15) is 37.6 Å². The predicted molar refractivity (Wildman–Crippen MR) is 114 cm³/mol. The van der Waals surface area contributed by atoms with E-state index < -0.39 is 6.04 Å². The summed E-state index contributed by atoms with van der Waals surface area (Å²) in [6.07, 6.45) is 2.64. The highest BCUT2D eigenvalue weighted by atomic mass is 32.2. The Bertz CT molecular complexity index is 1050. The van der Waals surface area contributed by atoms with E-state index in [2.05, 4.69) is 27.6 Å². The van der Waals surface area contributed by atoms with Gasteiger partial charge in [-0.15, -0.1) is 5.10 Å². The van der Waals surface area contributed by atoms with Crippen LogP contribution in [0.25, 0.3) is 0 Å². The summed E-state index contributed by atoms with van der Waals surface area (Å²) >= 11 is 1.60. The molecule has 1 aliphatic heterocycles. The van der Waals surface area contributed by atoms with Crippen molar-refractivity contribution < 1.29 is 9.21 Å². The van der Waals surface area contributed by atoms with Gasteiger partial charge in [0, 0.05) is 17.1 Å². The molecule has 8 heteroatoms. The summed E-state index contributed by atoms with van der Waals surface area (Å²) in [5, 5.41) is 11.6. The zero-order valence-corrected chi connectivity index (χ0v) is 17.4. The Morgan fingerprint density at radius 2 is 2.17 bits per heavy atom. The number of hydrogen-bond acceptors (Lipinski definition) is 6. The molecule has 4 rings (SSSR count). The van der Waals surface area contributed by atoms with E-state index in [0.717, 1.165) is 29.1 Å². The number of allylic oxidation sites excluding steroid dienone is 1. The Labute approximate surface area is 173 Å². The highest BCUT2D eigenvalue weighted by Gasteiger charge is 2.36. The molecule has 1 aliphatic rings. The topological polar surface area (TPSA) is 85.0 Å². The third-order valence-corrected chi connectivity index (χ3v) is 5.65. The lowest BCUT2D eigenvalue weighted by atomic mass is 10.00. The van der Waals surface area contributed by atoms with Gasteiger partial charge < -0.3 is 15.1 Å². The van der Waals surface area contributed by atoms with Crippen molar-refractivity contribution in [3.8, 4) is 0 Å². The van der Waals surface area contributed by atoms with Gasteiger partial charge in [0.2, 0.25) is 11.1 Å². The number of aryl methyl sites for hydroxylation is 1. The van der Waals surface area contributed by atoms with E-state index in [1.807, 2.05) is 50.2 Å². The number of aromatic nitrogens is 3. The number of nitrogens with one attached hydrogen (secondary N) is 2. The van der Waals surface area contributed by atoms with Gasteiger partial charge in [-0.05, 0) is 50.1 Å². The van der Waals surface area contributed by atoms with Crippen molar-refractivity contribution in [1.29, 1.82) is 0 Å². The molecule has 0 fully saturated rings. The standard InChI is InChI=1S/C21H23N5O2S/c1-4-11-29-21-24-20-22-14(3)17(18(26(20)25-21)16-9-6-10-28-16)19(27)23-15-8-5-7-13(2)12-15/h5-10,12,18H,4,11H2,1-3H3,(H,23,27)(H,22,24,25). The molecule has 29 heavy (non-hydrogen) atoms. The second kappa shape index (κ2) is 8.16. The first kappa shape index (κ1) is 19.3. The highest BCUT2D eigenvalue weighted by molar-refractivity contribution is 7.99. The molecule has 3 aromatic rings. The Morgan fingerprint density at radius 1 is 1.31 bits per heavy atom. The van der Waals surface area contributed by atoms with E-state index >= 15 is 0 Å². The largest absolute Gasteiger partial charge is 0.467 e. The Kier molecular flexibility index (Phi) is 5.44. The molecule has 150 valence electrons. The van der Waals surface area contributed by atoms with Crippen LogP contribution in [0.5, 0.6) is 0 Å². The predicted octanol–water partition coefficient (Wildman–Crippen LogP) is 4.61. The normalized spacial score (nSPS) is 15.8. The summed E-state index contributed by atoms with van der Waals surface area (Å²) < 4.78 is 7.41. The van der Waals surface area contributed by atoms with E-state index in [1.54, 1.807) is 22.7 Å². The first-order valence-electron chi connectivity index (χ1n) is 9.55. The minimum Gasteiger partial charge on any atom is -0.467 e. The van der Waals surface area contributed by atoms with Crippen LogP contribution in [0, 0.1) is 6.92 Å². The van der Waals surface area contributed by atoms with Crippen LogP contribution in [-0.4, -0.2) is 26.4 Å². The van der Waals surface area contributed by atoms with Crippen molar-refractivity contribution in [2.75, 3.05) is 16.4 Å². The molecule has 2 N–H and O–H groups in total. The van der Waals surface area contributed by atoms with Crippen LogP contribution < -0.4 is 10.6 Å². The van der Waals surface area contributed by atoms with Crippen LogP contribution in [0.15, 0.2) is 63.5 Å². The van der Waals surface area contributed by atoms with Crippen molar-refractivity contribution in [2.24, 2.45) is 0 Å². The number of carbonyl (C=O) groups is 1. The molecule has 3 heterocycles. The van der Waals surface area contributed by atoms with Crippen LogP contribution in [-0.2, 0) is 4.79 Å². The smallest absolute Gasteiger partial charge is 0.256 e. The van der Waals surface area contributed by atoms with E-state index in [0.29, 0.717) is 22.4 Å². The second-order valence-electron chi connectivity index (χ2n) is 6.92. The molecule has 1 amide bonds. The van der Waals surface area contributed by atoms with Crippen LogP contribution in [0.3, 0.4) is 0 Å². The average Bonchev–Trinajstić information content (AvgIpc) is 3.34. The molecule has 0 spiro atoms. The fourth-order valence-corrected chi connectivity index (χ4v) is 3.99. The summed E-state index contributed by atoms with van der Waals surface area (Å²) in [6.45, 7) is 5.98. The van der Waals surface area contributed by atoms with Crippen LogP contribution in [0.2, 0.25) is 0 Å². The quantitative estimate of drug-likeness (QED) is 0.579. The maximum Gasteiger partial charge on any atom is 0.256 e. The molecule has 0 aliphatic carbocycles. The summed E-state index contributed by atoms with van der Waals surface area (Å²) in [4.78, 5) is 17.9. The summed E-state index contributed by atoms with van der Waals surface area (Å²) in [5.41, 5.74) is 3.10. The summed E-state index contributed by atoms with van der Waals surface area (Å²) in [7, 11) is 0. The van der Waals surface area contributed by atoms with Crippen molar-refractivity contribution in [3.63, 3.8) is 0 Å². The number of carbonyl (C=O) groups excluding carboxylic acids is 1. The third kappa shape index (κ3) is 3.93. The number of hydrogen-bond donors (Lipinski definition) is 2. The van der Waals surface area contributed by atoms with Crippen LogP contribution in [0.4, 0.5) is 11.6 Å². The number of nitrogens with zero attached hydrogens (tertiary/aromatic N) is 3. The van der Waals surface area contributed by atoms with Gasteiger partial charge in [-0.3, -0.25) is 4.79 Å². The molecule has 0 radical (unpaired) electrons. The second-order valence-corrected chi connectivity index (χ2v) is 7.98. The fourth-order valence-electron chi connectivity index (χ4n) is 3.31. The molecule has 1 aromatic carbocycles. The van der Waals surface area contributed by atoms with E-state index in [1.165, 1.54) is 0 Å². The molecule has 1 atom stereocenters. The van der Waals surface area contributed by atoms with E-state index in [9.17, 15) is 4.79 Å². The lowest BCUT2D eigenvalue weighted by Gasteiger charge is -2.27.